The zero-order valence-electron chi connectivity index (χ0n) is 7.90. The molecule has 3 nitrogen and oxygen atoms in total. The van der Waals surface area contributed by atoms with Crippen molar-refractivity contribution in [2.75, 3.05) is 6.61 Å². The van der Waals surface area contributed by atoms with Gasteiger partial charge in [-0.15, -0.1) is 0 Å². The maximum absolute atomic E-state index is 9.64. The molecule has 1 atom stereocenters. The summed E-state index contributed by atoms with van der Waals surface area (Å²) in [7, 11) is 0. The summed E-state index contributed by atoms with van der Waals surface area (Å²) in [5.74, 6) is -0.741. The maximum atomic E-state index is 9.64. The number of halogens is 1. The van der Waals surface area contributed by atoms with Crippen LogP contribution < -0.4 is 4.74 Å². The first kappa shape index (κ1) is 11.5. The number of aliphatic hydroxyl groups is 2. The molecule has 0 fully saturated rings. The van der Waals surface area contributed by atoms with Crippen molar-refractivity contribution in [3.8, 4) is 5.75 Å². The lowest BCUT2D eigenvalue weighted by Crippen LogP contribution is -2.32. The van der Waals surface area contributed by atoms with Gasteiger partial charge in [-0.05, 0) is 24.3 Å². The number of ether oxygens (including phenoxy) is 1. The van der Waals surface area contributed by atoms with Gasteiger partial charge in [-0.1, -0.05) is 15.9 Å². The highest BCUT2D eigenvalue weighted by molar-refractivity contribution is 9.10. The average molecular weight is 261 g/mol. The van der Waals surface area contributed by atoms with Crippen LogP contribution in [0.15, 0.2) is 28.7 Å². The Labute approximate surface area is 91.5 Å². The van der Waals surface area contributed by atoms with E-state index in [1.807, 2.05) is 12.1 Å². The number of hydrogen-bond donors (Lipinski definition) is 2. The van der Waals surface area contributed by atoms with Crippen LogP contribution in [-0.2, 0) is 0 Å². The first-order valence-corrected chi connectivity index (χ1v) is 5.10. The van der Waals surface area contributed by atoms with Crippen LogP contribution in [0.3, 0.4) is 0 Å². The highest BCUT2D eigenvalue weighted by Crippen LogP contribution is 2.21. The highest BCUT2D eigenvalue weighted by atomic mass is 79.9. The van der Waals surface area contributed by atoms with E-state index in [1.54, 1.807) is 12.1 Å². The molecule has 1 rings (SSSR count). The minimum Gasteiger partial charge on any atom is -0.463 e. The quantitative estimate of drug-likeness (QED) is 0.814. The van der Waals surface area contributed by atoms with Crippen molar-refractivity contribution in [3.63, 3.8) is 0 Å². The van der Waals surface area contributed by atoms with E-state index < -0.39 is 5.79 Å². The van der Waals surface area contributed by atoms with Crippen LogP contribution in [0.4, 0.5) is 0 Å². The molecule has 0 heterocycles. The van der Waals surface area contributed by atoms with Crippen LogP contribution in [0.1, 0.15) is 13.3 Å². The zero-order valence-corrected chi connectivity index (χ0v) is 9.49. The smallest absolute Gasteiger partial charge is 0.207 e. The zero-order chi connectivity index (χ0) is 10.6. The lowest BCUT2D eigenvalue weighted by Gasteiger charge is -2.23. The Morgan fingerprint density at radius 1 is 1.36 bits per heavy atom. The van der Waals surface area contributed by atoms with Crippen molar-refractivity contribution in [1.82, 2.24) is 0 Å². The van der Waals surface area contributed by atoms with Gasteiger partial charge in [0.1, 0.15) is 5.75 Å². The lowest BCUT2D eigenvalue weighted by molar-refractivity contribution is -0.132. The summed E-state index contributed by atoms with van der Waals surface area (Å²) in [5, 5.41) is 18.3. The second kappa shape index (κ2) is 4.77. The number of hydrogen-bond acceptors (Lipinski definition) is 3. The standard InChI is InChI=1S/C10H13BrO3/c1-10(13,6-7-12)14-9-4-2-8(11)3-5-9/h2-5,12-13H,6-7H2,1H3. The van der Waals surface area contributed by atoms with Gasteiger partial charge >= 0.3 is 0 Å². The molecule has 78 valence electrons. The molecular weight excluding hydrogens is 248 g/mol. The molecule has 0 aliphatic heterocycles. The topological polar surface area (TPSA) is 49.7 Å². The number of rotatable bonds is 4. The predicted octanol–water partition coefficient (Wildman–Crippen LogP) is 1.92. The third kappa shape index (κ3) is 3.65. The molecule has 1 unspecified atom stereocenters. The summed E-state index contributed by atoms with van der Waals surface area (Å²) in [6.45, 7) is 1.41. The Kier molecular flexibility index (Phi) is 3.92. The lowest BCUT2D eigenvalue weighted by atomic mass is 10.2. The van der Waals surface area contributed by atoms with Crippen LogP contribution in [0.2, 0.25) is 0 Å². The molecule has 0 radical (unpaired) electrons. The summed E-state index contributed by atoms with van der Waals surface area (Å²) < 4.78 is 6.22. The van der Waals surface area contributed by atoms with Gasteiger partial charge in [0.25, 0.3) is 0 Å². The Morgan fingerprint density at radius 3 is 2.43 bits per heavy atom. The Bertz CT molecular complexity index is 282. The Balaban J connectivity index is 2.64. The van der Waals surface area contributed by atoms with Crippen molar-refractivity contribution in [2.45, 2.75) is 19.1 Å². The van der Waals surface area contributed by atoms with Gasteiger partial charge in [-0.25, -0.2) is 0 Å². The maximum Gasteiger partial charge on any atom is 0.207 e. The number of benzene rings is 1. The van der Waals surface area contributed by atoms with Gasteiger partial charge in [-0.2, -0.15) is 0 Å². The third-order valence-electron chi connectivity index (χ3n) is 1.73. The number of aliphatic hydroxyl groups excluding tert-OH is 1. The van der Waals surface area contributed by atoms with Crippen molar-refractivity contribution in [2.24, 2.45) is 0 Å². The highest BCUT2D eigenvalue weighted by Gasteiger charge is 2.21. The SMILES string of the molecule is CC(O)(CCO)Oc1ccc(Br)cc1. The average Bonchev–Trinajstić information content (AvgIpc) is 2.08. The molecular formula is C10H13BrO3. The molecule has 4 heteroatoms. The summed E-state index contributed by atoms with van der Waals surface area (Å²) in [6, 6.07) is 7.14. The summed E-state index contributed by atoms with van der Waals surface area (Å²) >= 11 is 3.30. The normalized spacial score (nSPS) is 14.9. The van der Waals surface area contributed by atoms with Crippen molar-refractivity contribution in [1.29, 1.82) is 0 Å². The predicted molar refractivity (Wildman–Crippen MR) is 57.1 cm³/mol. The fourth-order valence-electron chi connectivity index (χ4n) is 1.02. The van der Waals surface area contributed by atoms with Gasteiger partial charge < -0.3 is 14.9 Å². The van der Waals surface area contributed by atoms with E-state index in [-0.39, 0.29) is 13.0 Å². The molecule has 1 aromatic carbocycles. The van der Waals surface area contributed by atoms with Crippen molar-refractivity contribution < 1.29 is 14.9 Å². The van der Waals surface area contributed by atoms with Crippen LogP contribution in [0, 0.1) is 0 Å². The van der Waals surface area contributed by atoms with Crippen molar-refractivity contribution in [3.05, 3.63) is 28.7 Å². The molecule has 2 N–H and O–H groups in total. The molecule has 0 aliphatic carbocycles. The van der Waals surface area contributed by atoms with Crippen LogP contribution in [0.5, 0.6) is 5.75 Å². The fraction of sp³-hybridized carbons (Fsp3) is 0.400. The second-order valence-corrected chi connectivity index (χ2v) is 4.12. The molecule has 0 bridgehead atoms. The Morgan fingerprint density at radius 2 is 1.93 bits per heavy atom. The summed E-state index contributed by atoms with van der Waals surface area (Å²) in [4.78, 5) is 0. The van der Waals surface area contributed by atoms with Crippen LogP contribution in [0.25, 0.3) is 0 Å². The molecule has 0 saturated heterocycles. The van der Waals surface area contributed by atoms with E-state index in [1.165, 1.54) is 6.92 Å². The summed E-state index contributed by atoms with van der Waals surface area (Å²) in [5.41, 5.74) is 0. The fourth-order valence-corrected chi connectivity index (χ4v) is 1.28. The molecule has 0 amide bonds. The van der Waals surface area contributed by atoms with E-state index in [0.717, 1.165) is 4.47 Å². The van der Waals surface area contributed by atoms with Crippen LogP contribution >= 0.6 is 15.9 Å². The van der Waals surface area contributed by atoms with Gasteiger partial charge in [0.05, 0.1) is 0 Å². The van der Waals surface area contributed by atoms with Crippen molar-refractivity contribution >= 4 is 15.9 Å². The molecule has 0 aliphatic rings. The van der Waals surface area contributed by atoms with Gasteiger partial charge in [0.2, 0.25) is 5.79 Å². The first-order valence-electron chi connectivity index (χ1n) is 4.31. The minimum absolute atomic E-state index is 0.108. The van der Waals surface area contributed by atoms with E-state index >= 15 is 0 Å². The molecule has 0 saturated carbocycles. The van der Waals surface area contributed by atoms with Gasteiger partial charge in [-0.3, -0.25) is 0 Å². The largest absolute Gasteiger partial charge is 0.463 e. The van der Waals surface area contributed by atoms with Crippen LogP contribution in [-0.4, -0.2) is 22.6 Å². The third-order valence-corrected chi connectivity index (χ3v) is 2.26. The van der Waals surface area contributed by atoms with E-state index in [9.17, 15) is 5.11 Å². The first-order chi connectivity index (χ1) is 6.53. The summed E-state index contributed by atoms with van der Waals surface area (Å²) in [6.07, 6.45) is 0.184. The van der Waals surface area contributed by atoms with Gasteiger partial charge in [0, 0.05) is 24.4 Å². The molecule has 1 aromatic rings. The molecule has 14 heavy (non-hydrogen) atoms. The monoisotopic (exact) mass is 260 g/mol. The molecule has 0 spiro atoms. The Hall–Kier alpha value is -0.580. The second-order valence-electron chi connectivity index (χ2n) is 3.20. The minimum atomic E-state index is -1.32. The van der Waals surface area contributed by atoms with E-state index in [0.29, 0.717) is 5.75 Å². The van der Waals surface area contributed by atoms with E-state index in [2.05, 4.69) is 15.9 Å². The van der Waals surface area contributed by atoms with Gasteiger partial charge in [0.15, 0.2) is 0 Å². The van der Waals surface area contributed by atoms with E-state index in [4.69, 9.17) is 9.84 Å². The molecule has 0 aromatic heterocycles.